The van der Waals surface area contributed by atoms with Gasteiger partial charge in [0.05, 0.1) is 6.61 Å². The predicted molar refractivity (Wildman–Crippen MR) is 89.3 cm³/mol. The Labute approximate surface area is 140 Å². The number of fused-ring (bicyclic) bond motifs is 1. The molecule has 2 atom stereocenters. The third-order valence-corrected chi connectivity index (χ3v) is 3.97. The van der Waals surface area contributed by atoms with Gasteiger partial charge in [-0.2, -0.15) is 0 Å². The van der Waals surface area contributed by atoms with Crippen LogP contribution in [0.15, 0.2) is 54.6 Å². The third kappa shape index (κ3) is 3.55. The zero-order valence-corrected chi connectivity index (χ0v) is 13.1. The molecule has 0 unspecified atom stereocenters. The Balaban J connectivity index is 1.87. The van der Waals surface area contributed by atoms with E-state index in [1.807, 2.05) is 54.6 Å². The third-order valence-electron chi connectivity index (χ3n) is 3.97. The van der Waals surface area contributed by atoms with Crippen molar-refractivity contribution in [2.75, 3.05) is 6.61 Å². The highest BCUT2D eigenvalue weighted by atomic mass is 16.5. The Morgan fingerprint density at radius 3 is 2.54 bits per heavy atom. The van der Waals surface area contributed by atoms with Crippen LogP contribution in [0.3, 0.4) is 0 Å². The fraction of sp³-hybridized carbons (Fsp3) is 0.222. The second-order valence-electron chi connectivity index (χ2n) is 5.59. The Bertz CT molecular complexity index is 733. The monoisotopic (exact) mass is 325 g/mol. The Morgan fingerprint density at radius 1 is 1.08 bits per heavy atom. The molecular formula is C18H19N3O3. The van der Waals surface area contributed by atoms with E-state index in [1.165, 1.54) is 0 Å². The predicted octanol–water partition coefficient (Wildman–Crippen LogP) is 2.04. The lowest BCUT2D eigenvalue weighted by Gasteiger charge is -2.30. The van der Waals surface area contributed by atoms with Crippen molar-refractivity contribution in [1.82, 2.24) is 10.6 Å². The smallest absolute Gasteiger partial charge is 0.318 e. The van der Waals surface area contributed by atoms with E-state index in [1.54, 1.807) is 0 Å². The summed E-state index contributed by atoms with van der Waals surface area (Å²) in [5.41, 5.74) is 6.86. The van der Waals surface area contributed by atoms with Crippen molar-refractivity contribution in [1.29, 1.82) is 0 Å². The summed E-state index contributed by atoms with van der Waals surface area (Å²) in [4.78, 5) is 23.5. The average Bonchev–Trinajstić information content (AvgIpc) is 2.60. The van der Waals surface area contributed by atoms with Crippen LogP contribution in [0.4, 0.5) is 4.79 Å². The lowest BCUT2D eigenvalue weighted by Crippen LogP contribution is -2.44. The summed E-state index contributed by atoms with van der Waals surface area (Å²) >= 11 is 0. The molecule has 6 nitrogen and oxygen atoms in total. The lowest BCUT2D eigenvalue weighted by molar-refractivity contribution is -0.122. The SMILES string of the molecule is NC(=O)NC(=O)[C@@H](N[C@H]1CCOc2ccccc21)c1ccccc1. The lowest BCUT2D eigenvalue weighted by atomic mass is 9.97. The largest absolute Gasteiger partial charge is 0.493 e. The topological polar surface area (TPSA) is 93.5 Å². The molecule has 2 aromatic rings. The first-order valence-corrected chi connectivity index (χ1v) is 7.78. The number of nitrogens with one attached hydrogen (secondary N) is 2. The van der Waals surface area contributed by atoms with E-state index < -0.39 is 18.0 Å². The maximum absolute atomic E-state index is 12.4. The number of carbonyl (C=O) groups excluding carboxylic acids is 2. The van der Waals surface area contributed by atoms with E-state index >= 15 is 0 Å². The summed E-state index contributed by atoms with van der Waals surface area (Å²) < 4.78 is 5.65. The van der Waals surface area contributed by atoms with Gasteiger partial charge in [0.15, 0.2) is 0 Å². The van der Waals surface area contributed by atoms with Crippen molar-refractivity contribution in [3.8, 4) is 5.75 Å². The van der Waals surface area contributed by atoms with E-state index in [0.717, 1.165) is 23.3 Å². The summed E-state index contributed by atoms with van der Waals surface area (Å²) in [7, 11) is 0. The molecule has 0 spiro atoms. The number of carbonyl (C=O) groups is 2. The number of benzene rings is 2. The minimum atomic E-state index is -0.866. The van der Waals surface area contributed by atoms with Gasteiger partial charge in [0.25, 0.3) is 0 Å². The maximum Gasteiger partial charge on any atom is 0.318 e. The number of hydrogen-bond acceptors (Lipinski definition) is 4. The fourth-order valence-corrected chi connectivity index (χ4v) is 2.88. The highest BCUT2D eigenvalue weighted by molar-refractivity contribution is 5.96. The standard InChI is InChI=1S/C18H19N3O3/c19-18(23)21-17(22)16(12-6-2-1-3-7-12)20-14-10-11-24-15-9-5-4-8-13(14)15/h1-9,14,16,20H,10-11H2,(H3,19,21,22,23)/t14-,16-/m0/s1. The van der Waals surface area contributed by atoms with Crippen molar-refractivity contribution in [2.45, 2.75) is 18.5 Å². The van der Waals surface area contributed by atoms with Crippen LogP contribution < -0.4 is 21.1 Å². The quantitative estimate of drug-likeness (QED) is 0.802. The molecule has 3 amide bonds. The number of hydrogen-bond donors (Lipinski definition) is 3. The molecule has 24 heavy (non-hydrogen) atoms. The van der Waals surface area contributed by atoms with Gasteiger partial charge in [0.2, 0.25) is 5.91 Å². The molecule has 6 heteroatoms. The van der Waals surface area contributed by atoms with Gasteiger partial charge in [-0.25, -0.2) is 4.79 Å². The highest BCUT2D eigenvalue weighted by Gasteiger charge is 2.28. The van der Waals surface area contributed by atoms with Crippen LogP contribution in [0.25, 0.3) is 0 Å². The first-order valence-electron chi connectivity index (χ1n) is 7.78. The Kier molecular flexibility index (Phi) is 4.77. The van der Waals surface area contributed by atoms with E-state index in [-0.39, 0.29) is 6.04 Å². The molecule has 0 aromatic heterocycles. The van der Waals surface area contributed by atoms with E-state index in [4.69, 9.17) is 10.5 Å². The van der Waals surface area contributed by atoms with E-state index in [9.17, 15) is 9.59 Å². The summed E-state index contributed by atoms with van der Waals surface area (Å²) in [6, 6.07) is 15.4. The van der Waals surface area contributed by atoms with Crippen LogP contribution >= 0.6 is 0 Å². The Hall–Kier alpha value is -2.86. The zero-order chi connectivity index (χ0) is 16.9. The molecular weight excluding hydrogens is 306 g/mol. The molecule has 0 saturated carbocycles. The number of ether oxygens (including phenoxy) is 1. The van der Waals surface area contributed by atoms with Crippen LogP contribution in [0.5, 0.6) is 5.75 Å². The average molecular weight is 325 g/mol. The zero-order valence-electron chi connectivity index (χ0n) is 13.1. The van der Waals surface area contributed by atoms with Crippen molar-refractivity contribution < 1.29 is 14.3 Å². The second-order valence-corrected chi connectivity index (χ2v) is 5.59. The number of primary amides is 1. The van der Waals surface area contributed by atoms with E-state index in [0.29, 0.717) is 6.61 Å². The second kappa shape index (κ2) is 7.14. The van der Waals surface area contributed by atoms with Gasteiger partial charge in [-0.1, -0.05) is 48.5 Å². The van der Waals surface area contributed by atoms with Gasteiger partial charge in [0, 0.05) is 18.0 Å². The van der Waals surface area contributed by atoms with Gasteiger partial charge in [-0.3, -0.25) is 15.4 Å². The molecule has 1 aliphatic rings. The van der Waals surface area contributed by atoms with Crippen molar-refractivity contribution in [2.24, 2.45) is 5.73 Å². The minimum absolute atomic E-state index is 0.0567. The maximum atomic E-state index is 12.4. The summed E-state index contributed by atoms with van der Waals surface area (Å²) in [6.07, 6.45) is 0.726. The molecule has 1 aliphatic heterocycles. The summed E-state index contributed by atoms with van der Waals surface area (Å²) in [5, 5.41) is 5.49. The fourth-order valence-electron chi connectivity index (χ4n) is 2.88. The molecule has 0 fully saturated rings. The van der Waals surface area contributed by atoms with Crippen LogP contribution in [0, 0.1) is 0 Å². The van der Waals surface area contributed by atoms with Crippen LogP contribution in [-0.2, 0) is 4.79 Å². The summed E-state index contributed by atoms with van der Waals surface area (Å²) in [6.45, 7) is 0.563. The molecule has 0 bridgehead atoms. The van der Waals surface area contributed by atoms with Crippen molar-refractivity contribution in [3.05, 3.63) is 65.7 Å². The van der Waals surface area contributed by atoms with E-state index in [2.05, 4.69) is 10.6 Å². The number of amides is 3. The van der Waals surface area contributed by atoms with Gasteiger partial charge in [-0.15, -0.1) is 0 Å². The number of urea groups is 1. The number of rotatable bonds is 4. The molecule has 3 rings (SSSR count). The molecule has 2 aromatic carbocycles. The van der Waals surface area contributed by atoms with Crippen LogP contribution in [-0.4, -0.2) is 18.5 Å². The molecule has 0 saturated heterocycles. The highest BCUT2D eigenvalue weighted by Crippen LogP contribution is 2.33. The number of imide groups is 1. The van der Waals surface area contributed by atoms with Crippen molar-refractivity contribution >= 4 is 11.9 Å². The Morgan fingerprint density at radius 2 is 1.79 bits per heavy atom. The van der Waals surface area contributed by atoms with Crippen molar-refractivity contribution in [3.63, 3.8) is 0 Å². The van der Waals surface area contributed by atoms with Crippen LogP contribution in [0.1, 0.15) is 29.6 Å². The van der Waals surface area contributed by atoms with Gasteiger partial charge in [-0.05, 0) is 11.6 Å². The summed E-state index contributed by atoms with van der Waals surface area (Å²) in [5.74, 6) is 0.334. The molecule has 1 heterocycles. The van der Waals surface area contributed by atoms with Crippen LogP contribution in [0.2, 0.25) is 0 Å². The number of nitrogens with two attached hydrogens (primary N) is 1. The normalized spacial score (nSPS) is 17.2. The van der Waals surface area contributed by atoms with Gasteiger partial charge >= 0.3 is 6.03 Å². The molecule has 0 radical (unpaired) electrons. The molecule has 0 aliphatic carbocycles. The number of para-hydroxylation sites is 1. The molecule has 124 valence electrons. The van der Waals surface area contributed by atoms with Gasteiger partial charge in [0.1, 0.15) is 11.8 Å². The minimum Gasteiger partial charge on any atom is -0.493 e. The molecule has 4 N–H and O–H groups in total. The van der Waals surface area contributed by atoms with Gasteiger partial charge < -0.3 is 10.5 Å². The first kappa shape index (κ1) is 16.0. The first-order chi connectivity index (χ1) is 11.6.